The van der Waals surface area contributed by atoms with E-state index < -0.39 is 0 Å². The minimum Gasteiger partial charge on any atom is -0.356 e. The molecule has 1 aromatic rings. The van der Waals surface area contributed by atoms with Gasteiger partial charge in [-0.1, -0.05) is 25.0 Å². The number of hydrogen-bond acceptors (Lipinski definition) is 2. The van der Waals surface area contributed by atoms with E-state index in [2.05, 4.69) is 20.5 Å². The van der Waals surface area contributed by atoms with E-state index in [0.717, 1.165) is 37.1 Å². The van der Waals surface area contributed by atoms with Crippen molar-refractivity contribution in [2.24, 2.45) is 4.99 Å². The third-order valence-electron chi connectivity index (χ3n) is 5.24. The Morgan fingerprint density at radius 1 is 1.20 bits per heavy atom. The summed E-state index contributed by atoms with van der Waals surface area (Å²) in [7, 11) is 1.82. The summed E-state index contributed by atoms with van der Waals surface area (Å²) in [6.07, 6.45) is 7.58. The minimum absolute atomic E-state index is 0. The second kappa shape index (κ2) is 10.3. The number of rotatable bonds is 5. The molecule has 1 heterocycles. The van der Waals surface area contributed by atoms with Gasteiger partial charge in [-0.15, -0.1) is 24.0 Å². The lowest BCUT2D eigenvalue weighted by atomic mass is 10.1. The van der Waals surface area contributed by atoms with Crippen molar-refractivity contribution in [2.45, 2.75) is 50.6 Å². The molecule has 0 spiro atoms. The summed E-state index contributed by atoms with van der Waals surface area (Å²) >= 11 is 0. The molecule has 4 nitrogen and oxygen atoms in total. The molecule has 0 radical (unpaired) electrons. The van der Waals surface area contributed by atoms with Crippen molar-refractivity contribution in [2.75, 3.05) is 26.7 Å². The SMILES string of the molecule is CN=C(NCCc1ccc(F)cc1)NC1CCN(C2CCCC2)C1.I. The molecule has 3 rings (SSSR count). The Morgan fingerprint density at radius 3 is 2.60 bits per heavy atom. The van der Waals surface area contributed by atoms with Crippen LogP contribution in [0.15, 0.2) is 29.3 Å². The number of nitrogens with one attached hydrogen (secondary N) is 2. The van der Waals surface area contributed by atoms with Crippen LogP contribution >= 0.6 is 24.0 Å². The van der Waals surface area contributed by atoms with Crippen molar-refractivity contribution in [3.63, 3.8) is 0 Å². The Kier molecular flexibility index (Phi) is 8.42. The Hall–Kier alpha value is -0.890. The summed E-state index contributed by atoms with van der Waals surface area (Å²) in [5, 5.41) is 6.92. The Labute approximate surface area is 167 Å². The van der Waals surface area contributed by atoms with Crippen molar-refractivity contribution in [1.29, 1.82) is 0 Å². The molecule has 2 aliphatic rings. The van der Waals surface area contributed by atoms with Gasteiger partial charge in [0.1, 0.15) is 5.82 Å². The van der Waals surface area contributed by atoms with Gasteiger partial charge in [0.2, 0.25) is 0 Å². The molecule has 0 amide bonds. The number of aliphatic imine (C=N–C) groups is 1. The maximum absolute atomic E-state index is 12.9. The summed E-state index contributed by atoms with van der Waals surface area (Å²) in [5.74, 6) is 0.688. The number of halogens is 2. The number of benzene rings is 1. The van der Waals surface area contributed by atoms with E-state index in [9.17, 15) is 4.39 Å². The van der Waals surface area contributed by atoms with Crippen LogP contribution in [0.3, 0.4) is 0 Å². The Bertz CT molecular complexity index is 543. The molecule has 6 heteroatoms. The molecule has 1 atom stereocenters. The predicted octanol–water partition coefficient (Wildman–Crippen LogP) is 3.17. The fourth-order valence-electron chi connectivity index (χ4n) is 3.87. The first kappa shape index (κ1) is 20.4. The van der Waals surface area contributed by atoms with Crippen LogP contribution in [0.4, 0.5) is 4.39 Å². The van der Waals surface area contributed by atoms with Gasteiger partial charge in [0, 0.05) is 38.8 Å². The van der Waals surface area contributed by atoms with Crippen molar-refractivity contribution in [3.05, 3.63) is 35.6 Å². The van der Waals surface area contributed by atoms with Crippen LogP contribution in [0.25, 0.3) is 0 Å². The zero-order chi connectivity index (χ0) is 16.8. The molecule has 1 aliphatic carbocycles. The van der Waals surface area contributed by atoms with E-state index in [1.165, 1.54) is 50.8 Å². The van der Waals surface area contributed by atoms with E-state index in [-0.39, 0.29) is 29.8 Å². The Balaban J connectivity index is 0.00000225. The molecule has 1 saturated heterocycles. The summed E-state index contributed by atoms with van der Waals surface area (Å²) in [4.78, 5) is 6.98. The molecule has 1 unspecified atom stereocenters. The molecule has 1 aliphatic heterocycles. The highest BCUT2D eigenvalue weighted by molar-refractivity contribution is 14.0. The number of nitrogens with zero attached hydrogens (tertiary/aromatic N) is 2. The maximum atomic E-state index is 12.9. The summed E-state index contributed by atoms with van der Waals surface area (Å²) in [6.45, 7) is 3.13. The van der Waals surface area contributed by atoms with Crippen molar-refractivity contribution < 1.29 is 4.39 Å². The van der Waals surface area contributed by atoms with Crippen molar-refractivity contribution in [3.8, 4) is 0 Å². The molecule has 0 aromatic heterocycles. The molecular weight excluding hydrogens is 430 g/mol. The largest absolute Gasteiger partial charge is 0.356 e. The standard InChI is InChI=1S/C19H29FN4.HI/c1-21-19(22-12-10-15-6-8-16(20)9-7-15)23-17-11-13-24(14-17)18-4-2-3-5-18;/h6-9,17-18H,2-5,10-14H2,1H3,(H2,21,22,23);1H. The van der Waals surface area contributed by atoms with Crippen LogP contribution in [-0.2, 0) is 6.42 Å². The van der Waals surface area contributed by atoms with Crippen LogP contribution in [0, 0.1) is 5.82 Å². The zero-order valence-electron chi connectivity index (χ0n) is 15.0. The number of likely N-dealkylation sites (tertiary alicyclic amines) is 1. The van der Waals surface area contributed by atoms with Crippen LogP contribution < -0.4 is 10.6 Å². The van der Waals surface area contributed by atoms with Gasteiger partial charge in [0.25, 0.3) is 0 Å². The number of hydrogen-bond donors (Lipinski definition) is 2. The first-order valence-electron chi connectivity index (χ1n) is 9.20. The molecule has 2 N–H and O–H groups in total. The lowest BCUT2D eigenvalue weighted by Crippen LogP contribution is -2.45. The lowest BCUT2D eigenvalue weighted by molar-refractivity contribution is 0.242. The third-order valence-corrected chi connectivity index (χ3v) is 5.24. The van der Waals surface area contributed by atoms with Gasteiger partial charge in [-0.25, -0.2) is 4.39 Å². The van der Waals surface area contributed by atoms with Gasteiger partial charge < -0.3 is 10.6 Å². The van der Waals surface area contributed by atoms with E-state index in [4.69, 9.17) is 0 Å². The van der Waals surface area contributed by atoms with Crippen LogP contribution in [-0.4, -0.2) is 49.6 Å². The van der Waals surface area contributed by atoms with E-state index in [1.54, 1.807) is 0 Å². The highest BCUT2D eigenvalue weighted by Gasteiger charge is 2.30. The molecule has 2 fully saturated rings. The van der Waals surface area contributed by atoms with E-state index >= 15 is 0 Å². The second-order valence-electron chi connectivity index (χ2n) is 6.94. The average molecular weight is 460 g/mol. The smallest absolute Gasteiger partial charge is 0.191 e. The van der Waals surface area contributed by atoms with E-state index in [1.807, 2.05) is 19.2 Å². The molecule has 25 heavy (non-hydrogen) atoms. The van der Waals surface area contributed by atoms with Crippen molar-refractivity contribution >= 4 is 29.9 Å². The molecule has 0 bridgehead atoms. The van der Waals surface area contributed by atoms with Crippen LogP contribution in [0.2, 0.25) is 0 Å². The minimum atomic E-state index is -0.183. The molecule has 1 aromatic carbocycles. The highest BCUT2D eigenvalue weighted by Crippen LogP contribution is 2.26. The molecule has 1 saturated carbocycles. The third kappa shape index (κ3) is 6.09. The summed E-state index contributed by atoms with van der Waals surface area (Å²) in [6, 6.07) is 8.00. The normalized spacial score (nSPS) is 22.0. The topological polar surface area (TPSA) is 39.7 Å². The first-order valence-corrected chi connectivity index (χ1v) is 9.20. The quantitative estimate of drug-likeness (QED) is 0.403. The first-order chi connectivity index (χ1) is 11.7. The highest BCUT2D eigenvalue weighted by atomic mass is 127. The van der Waals surface area contributed by atoms with Gasteiger partial charge >= 0.3 is 0 Å². The fourth-order valence-corrected chi connectivity index (χ4v) is 3.87. The summed E-state index contributed by atoms with van der Waals surface area (Å²) < 4.78 is 12.9. The van der Waals surface area contributed by atoms with Gasteiger partial charge in [0.05, 0.1) is 0 Å². The predicted molar refractivity (Wildman–Crippen MR) is 112 cm³/mol. The van der Waals surface area contributed by atoms with Gasteiger partial charge in [0.15, 0.2) is 5.96 Å². The molecular formula is C19H30FIN4. The zero-order valence-corrected chi connectivity index (χ0v) is 17.3. The second-order valence-corrected chi connectivity index (χ2v) is 6.94. The number of guanidine groups is 1. The fraction of sp³-hybridized carbons (Fsp3) is 0.632. The van der Waals surface area contributed by atoms with Gasteiger partial charge in [-0.2, -0.15) is 0 Å². The average Bonchev–Trinajstić information content (AvgIpc) is 3.27. The van der Waals surface area contributed by atoms with Crippen LogP contribution in [0.1, 0.15) is 37.7 Å². The Morgan fingerprint density at radius 2 is 1.92 bits per heavy atom. The van der Waals surface area contributed by atoms with E-state index in [0.29, 0.717) is 6.04 Å². The maximum Gasteiger partial charge on any atom is 0.191 e. The summed E-state index contributed by atoms with van der Waals surface area (Å²) in [5.41, 5.74) is 1.13. The van der Waals surface area contributed by atoms with Crippen LogP contribution in [0.5, 0.6) is 0 Å². The van der Waals surface area contributed by atoms with Gasteiger partial charge in [-0.05, 0) is 43.4 Å². The monoisotopic (exact) mass is 460 g/mol. The van der Waals surface area contributed by atoms with Crippen molar-refractivity contribution in [1.82, 2.24) is 15.5 Å². The van der Waals surface area contributed by atoms with Gasteiger partial charge in [-0.3, -0.25) is 9.89 Å². The lowest BCUT2D eigenvalue weighted by Gasteiger charge is -2.24. The molecule has 140 valence electrons.